The van der Waals surface area contributed by atoms with E-state index in [4.69, 9.17) is 4.74 Å². The molecule has 0 spiro atoms. The molecule has 0 aliphatic heterocycles. The molecule has 0 saturated heterocycles. The number of aromatic nitrogens is 1. The zero-order valence-electron chi connectivity index (χ0n) is 12.6. The zero-order valence-corrected chi connectivity index (χ0v) is 12.6. The van der Waals surface area contributed by atoms with Gasteiger partial charge < -0.3 is 10.1 Å². The lowest BCUT2D eigenvalue weighted by Gasteiger charge is -2.31. The molecule has 2 atom stereocenters. The van der Waals surface area contributed by atoms with E-state index in [0.717, 1.165) is 30.4 Å². The van der Waals surface area contributed by atoms with Crippen molar-refractivity contribution in [1.82, 2.24) is 10.3 Å². The van der Waals surface area contributed by atoms with E-state index in [9.17, 15) is 4.79 Å². The van der Waals surface area contributed by atoms with Crippen LogP contribution in [0.25, 0.3) is 0 Å². The second kappa shape index (κ2) is 6.84. The lowest BCUT2D eigenvalue weighted by atomic mass is 9.92. The number of carbonyl (C=O) groups excluding carboxylic acids is 1. The average molecular weight is 276 g/mol. The molecule has 1 aliphatic carbocycles. The molecule has 20 heavy (non-hydrogen) atoms. The van der Waals surface area contributed by atoms with Crippen LogP contribution in [0.3, 0.4) is 0 Å². The molecule has 0 aromatic carbocycles. The Kier molecular flexibility index (Phi) is 5.12. The molecule has 1 amide bonds. The number of carbonyl (C=O) groups is 1. The number of aryl methyl sites for hydroxylation is 2. The quantitative estimate of drug-likeness (QED) is 0.920. The van der Waals surface area contributed by atoms with Crippen LogP contribution in [0.15, 0.2) is 12.3 Å². The van der Waals surface area contributed by atoms with Crippen molar-refractivity contribution in [3.63, 3.8) is 0 Å². The van der Waals surface area contributed by atoms with Crippen LogP contribution in [0, 0.1) is 13.8 Å². The maximum absolute atomic E-state index is 12.4. The van der Waals surface area contributed by atoms with Crippen molar-refractivity contribution in [2.45, 2.75) is 58.6 Å². The van der Waals surface area contributed by atoms with Crippen molar-refractivity contribution in [2.75, 3.05) is 6.61 Å². The summed E-state index contributed by atoms with van der Waals surface area (Å²) in [4.78, 5) is 16.6. The Morgan fingerprint density at radius 3 is 2.85 bits per heavy atom. The van der Waals surface area contributed by atoms with E-state index in [-0.39, 0.29) is 18.1 Å². The van der Waals surface area contributed by atoms with E-state index in [1.807, 2.05) is 26.8 Å². The Morgan fingerprint density at radius 1 is 1.40 bits per heavy atom. The summed E-state index contributed by atoms with van der Waals surface area (Å²) in [5.41, 5.74) is 2.52. The number of nitrogens with zero attached hydrogens (tertiary/aromatic N) is 1. The molecule has 0 unspecified atom stereocenters. The third-order valence-electron chi connectivity index (χ3n) is 3.83. The second-order valence-corrected chi connectivity index (χ2v) is 5.54. The summed E-state index contributed by atoms with van der Waals surface area (Å²) in [7, 11) is 0. The molecule has 1 aromatic rings. The van der Waals surface area contributed by atoms with Gasteiger partial charge in [-0.3, -0.25) is 9.78 Å². The van der Waals surface area contributed by atoms with Crippen molar-refractivity contribution in [3.05, 3.63) is 29.1 Å². The highest BCUT2D eigenvalue weighted by Gasteiger charge is 2.27. The van der Waals surface area contributed by atoms with Crippen LogP contribution in [-0.4, -0.2) is 29.6 Å². The molecule has 0 radical (unpaired) electrons. The monoisotopic (exact) mass is 276 g/mol. The fourth-order valence-corrected chi connectivity index (χ4v) is 2.87. The first kappa shape index (κ1) is 15.0. The molecule has 1 N–H and O–H groups in total. The average Bonchev–Trinajstić information content (AvgIpc) is 2.41. The van der Waals surface area contributed by atoms with Crippen LogP contribution in [-0.2, 0) is 4.74 Å². The third kappa shape index (κ3) is 3.57. The summed E-state index contributed by atoms with van der Waals surface area (Å²) >= 11 is 0. The van der Waals surface area contributed by atoms with Crippen molar-refractivity contribution < 1.29 is 9.53 Å². The van der Waals surface area contributed by atoms with E-state index in [0.29, 0.717) is 12.3 Å². The minimum Gasteiger partial charge on any atom is -0.376 e. The smallest absolute Gasteiger partial charge is 0.270 e. The van der Waals surface area contributed by atoms with E-state index >= 15 is 0 Å². The van der Waals surface area contributed by atoms with Gasteiger partial charge in [0.05, 0.1) is 12.1 Å². The summed E-state index contributed by atoms with van der Waals surface area (Å²) in [6, 6.07) is 2.10. The van der Waals surface area contributed by atoms with Gasteiger partial charge in [0, 0.05) is 12.8 Å². The van der Waals surface area contributed by atoms with Gasteiger partial charge in [-0.1, -0.05) is 18.9 Å². The fraction of sp³-hybridized carbons (Fsp3) is 0.625. The summed E-state index contributed by atoms with van der Waals surface area (Å²) in [5, 5.41) is 3.10. The second-order valence-electron chi connectivity index (χ2n) is 5.54. The first-order chi connectivity index (χ1) is 9.61. The molecule has 1 aromatic heterocycles. The van der Waals surface area contributed by atoms with Crippen LogP contribution in [0.4, 0.5) is 0 Å². The molecule has 4 heteroatoms. The predicted octanol–water partition coefficient (Wildman–Crippen LogP) is 2.78. The topological polar surface area (TPSA) is 51.2 Å². The normalized spacial score (nSPS) is 22.6. The van der Waals surface area contributed by atoms with Gasteiger partial charge in [0.2, 0.25) is 0 Å². The summed E-state index contributed by atoms with van der Waals surface area (Å²) in [5.74, 6) is -0.0842. The SMILES string of the molecule is CCO[C@@H]1CCCC[C@H]1NC(=O)c1ncc(C)cc1C. The van der Waals surface area contributed by atoms with E-state index in [1.54, 1.807) is 6.20 Å². The maximum atomic E-state index is 12.4. The molecular formula is C16H24N2O2. The minimum absolute atomic E-state index is 0.0842. The number of pyridine rings is 1. The molecule has 1 aliphatic rings. The Morgan fingerprint density at radius 2 is 2.15 bits per heavy atom. The van der Waals surface area contributed by atoms with E-state index < -0.39 is 0 Å². The molecule has 0 bridgehead atoms. The first-order valence-electron chi connectivity index (χ1n) is 7.47. The van der Waals surface area contributed by atoms with Gasteiger partial charge in [0.25, 0.3) is 5.91 Å². The van der Waals surface area contributed by atoms with Crippen LogP contribution in [0.5, 0.6) is 0 Å². The van der Waals surface area contributed by atoms with Crippen molar-refractivity contribution in [2.24, 2.45) is 0 Å². The molecule has 1 fully saturated rings. The lowest BCUT2D eigenvalue weighted by molar-refractivity contribution is 0.0123. The van der Waals surface area contributed by atoms with Crippen LogP contribution >= 0.6 is 0 Å². The highest BCUT2D eigenvalue weighted by Crippen LogP contribution is 2.21. The van der Waals surface area contributed by atoms with Crippen LogP contribution in [0.1, 0.15) is 54.2 Å². The zero-order chi connectivity index (χ0) is 14.5. The fourth-order valence-electron chi connectivity index (χ4n) is 2.87. The minimum atomic E-state index is -0.0842. The molecular weight excluding hydrogens is 252 g/mol. The number of nitrogens with one attached hydrogen (secondary N) is 1. The van der Waals surface area contributed by atoms with Crippen LogP contribution < -0.4 is 5.32 Å². The number of hydrogen-bond donors (Lipinski definition) is 1. The summed E-state index contributed by atoms with van der Waals surface area (Å²) in [6.45, 7) is 6.60. The van der Waals surface area contributed by atoms with Crippen molar-refractivity contribution in [1.29, 1.82) is 0 Å². The van der Waals surface area contributed by atoms with Gasteiger partial charge in [-0.05, 0) is 44.7 Å². The highest BCUT2D eigenvalue weighted by atomic mass is 16.5. The highest BCUT2D eigenvalue weighted by molar-refractivity contribution is 5.93. The Balaban J connectivity index is 2.05. The van der Waals surface area contributed by atoms with Gasteiger partial charge in [-0.15, -0.1) is 0 Å². The Bertz CT molecular complexity index is 472. The molecule has 4 nitrogen and oxygen atoms in total. The molecule has 110 valence electrons. The van der Waals surface area contributed by atoms with Gasteiger partial charge in [0.1, 0.15) is 5.69 Å². The van der Waals surface area contributed by atoms with Gasteiger partial charge in [0.15, 0.2) is 0 Å². The third-order valence-corrected chi connectivity index (χ3v) is 3.83. The predicted molar refractivity (Wildman–Crippen MR) is 78.8 cm³/mol. The summed E-state index contributed by atoms with van der Waals surface area (Å²) in [6.07, 6.45) is 6.22. The van der Waals surface area contributed by atoms with Crippen LogP contribution in [0.2, 0.25) is 0 Å². The van der Waals surface area contributed by atoms with Crippen molar-refractivity contribution in [3.8, 4) is 0 Å². The maximum Gasteiger partial charge on any atom is 0.270 e. The van der Waals surface area contributed by atoms with Gasteiger partial charge in [-0.25, -0.2) is 0 Å². The Hall–Kier alpha value is -1.42. The number of amides is 1. The molecule has 2 rings (SSSR count). The van der Waals surface area contributed by atoms with Gasteiger partial charge >= 0.3 is 0 Å². The molecule has 1 saturated carbocycles. The van der Waals surface area contributed by atoms with E-state index in [1.165, 1.54) is 6.42 Å². The first-order valence-corrected chi connectivity index (χ1v) is 7.47. The largest absolute Gasteiger partial charge is 0.376 e. The number of ether oxygens (including phenoxy) is 1. The number of hydrogen-bond acceptors (Lipinski definition) is 3. The van der Waals surface area contributed by atoms with Gasteiger partial charge in [-0.2, -0.15) is 0 Å². The standard InChI is InChI=1S/C16H24N2O2/c1-4-20-14-8-6-5-7-13(14)18-16(19)15-12(3)9-11(2)10-17-15/h9-10,13-14H,4-8H2,1-3H3,(H,18,19)/t13-,14-/m1/s1. The lowest BCUT2D eigenvalue weighted by Crippen LogP contribution is -2.46. The van der Waals surface area contributed by atoms with E-state index in [2.05, 4.69) is 10.3 Å². The Labute approximate surface area is 120 Å². The summed E-state index contributed by atoms with van der Waals surface area (Å²) < 4.78 is 5.75. The number of rotatable bonds is 4. The molecule has 1 heterocycles. The van der Waals surface area contributed by atoms with Crippen molar-refractivity contribution >= 4 is 5.91 Å².